The predicted octanol–water partition coefficient (Wildman–Crippen LogP) is 2.88. The monoisotopic (exact) mass is 352 g/mol. The van der Waals surface area contributed by atoms with Crippen LogP contribution in [0.15, 0.2) is 4.99 Å². The standard InChI is InChI=1S/C19H36N4O2/c1-6-20-18(25)23-19(4,5)13-22-17(24)14(2)15(3)21-12-16-10-8-7-9-11-16/h14,16H,6-13H2,1-5H3,(H,22,24)(H2,20,23,25). The fourth-order valence-electron chi connectivity index (χ4n) is 2.99. The van der Waals surface area contributed by atoms with Gasteiger partial charge in [0.1, 0.15) is 0 Å². The molecule has 0 spiro atoms. The molecule has 1 aliphatic carbocycles. The second kappa shape index (κ2) is 10.4. The fourth-order valence-corrected chi connectivity index (χ4v) is 2.99. The minimum absolute atomic E-state index is 0.0457. The summed E-state index contributed by atoms with van der Waals surface area (Å²) < 4.78 is 0. The number of hydrogen-bond donors (Lipinski definition) is 3. The molecular formula is C19H36N4O2. The molecule has 144 valence electrons. The minimum atomic E-state index is -0.512. The van der Waals surface area contributed by atoms with Gasteiger partial charge < -0.3 is 16.0 Å². The average Bonchev–Trinajstić information content (AvgIpc) is 2.57. The van der Waals surface area contributed by atoms with Crippen LogP contribution in [0.3, 0.4) is 0 Å². The van der Waals surface area contributed by atoms with Crippen molar-refractivity contribution >= 4 is 17.6 Å². The first kappa shape index (κ1) is 21.5. The quantitative estimate of drug-likeness (QED) is 0.587. The van der Waals surface area contributed by atoms with E-state index in [0.717, 1.165) is 12.3 Å². The number of aliphatic imine (C=N–C) groups is 1. The van der Waals surface area contributed by atoms with Gasteiger partial charge in [-0.15, -0.1) is 0 Å². The van der Waals surface area contributed by atoms with Crippen LogP contribution >= 0.6 is 0 Å². The number of carbonyl (C=O) groups excluding carboxylic acids is 2. The molecule has 6 nitrogen and oxygen atoms in total. The Balaban J connectivity index is 2.42. The Morgan fingerprint density at radius 3 is 2.40 bits per heavy atom. The molecule has 0 bridgehead atoms. The number of carbonyl (C=O) groups is 2. The molecule has 0 aromatic carbocycles. The van der Waals surface area contributed by atoms with Crippen LogP contribution in [0.4, 0.5) is 4.79 Å². The number of hydrogen-bond acceptors (Lipinski definition) is 3. The van der Waals surface area contributed by atoms with Crippen LogP contribution in [0.25, 0.3) is 0 Å². The van der Waals surface area contributed by atoms with Crippen molar-refractivity contribution in [3.63, 3.8) is 0 Å². The van der Waals surface area contributed by atoms with E-state index in [2.05, 4.69) is 20.9 Å². The molecule has 1 saturated carbocycles. The van der Waals surface area contributed by atoms with Crippen LogP contribution in [0.5, 0.6) is 0 Å². The van der Waals surface area contributed by atoms with Gasteiger partial charge in [0.25, 0.3) is 0 Å². The van der Waals surface area contributed by atoms with Gasteiger partial charge in [0.05, 0.1) is 11.5 Å². The van der Waals surface area contributed by atoms with Gasteiger partial charge in [-0.05, 0) is 53.4 Å². The number of nitrogens with one attached hydrogen (secondary N) is 3. The average molecular weight is 353 g/mol. The largest absolute Gasteiger partial charge is 0.353 e. The van der Waals surface area contributed by atoms with E-state index in [0.29, 0.717) is 19.0 Å². The van der Waals surface area contributed by atoms with Crippen molar-refractivity contribution in [3.8, 4) is 0 Å². The van der Waals surface area contributed by atoms with Gasteiger partial charge in [0.2, 0.25) is 5.91 Å². The van der Waals surface area contributed by atoms with Gasteiger partial charge in [-0.1, -0.05) is 19.3 Å². The van der Waals surface area contributed by atoms with Gasteiger partial charge in [-0.2, -0.15) is 0 Å². The second-order valence-electron chi connectivity index (χ2n) is 7.79. The lowest BCUT2D eigenvalue weighted by Gasteiger charge is -2.27. The Labute approximate surface area is 152 Å². The van der Waals surface area contributed by atoms with E-state index in [1.54, 1.807) is 0 Å². The van der Waals surface area contributed by atoms with E-state index in [1.165, 1.54) is 32.1 Å². The van der Waals surface area contributed by atoms with Crippen molar-refractivity contribution in [2.24, 2.45) is 16.8 Å². The molecule has 1 unspecified atom stereocenters. The van der Waals surface area contributed by atoms with Gasteiger partial charge in [0, 0.05) is 25.3 Å². The van der Waals surface area contributed by atoms with Crippen LogP contribution in [0.2, 0.25) is 0 Å². The molecule has 0 radical (unpaired) electrons. The summed E-state index contributed by atoms with van der Waals surface area (Å²) in [5.41, 5.74) is 0.375. The predicted molar refractivity (Wildman–Crippen MR) is 103 cm³/mol. The Morgan fingerprint density at radius 2 is 1.80 bits per heavy atom. The first-order valence-corrected chi connectivity index (χ1v) is 9.60. The highest BCUT2D eigenvalue weighted by Crippen LogP contribution is 2.23. The van der Waals surface area contributed by atoms with E-state index in [-0.39, 0.29) is 17.9 Å². The molecule has 1 rings (SSSR count). The highest BCUT2D eigenvalue weighted by molar-refractivity contribution is 6.02. The third-order valence-electron chi connectivity index (χ3n) is 4.84. The maximum atomic E-state index is 12.4. The lowest BCUT2D eigenvalue weighted by Crippen LogP contribution is -2.54. The summed E-state index contributed by atoms with van der Waals surface area (Å²) in [5, 5.41) is 8.48. The highest BCUT2D eigenvalue weighted by atomic mass is 16.2. The lowest BCUT2D eigenvalue weighted by molar-refractivity contribution is -0.122. The van der Waals surface area contributed by atoms with E-state index >= 15 is 0 Å². The van der Waals surface area contributed by atoms with Crippen molar-refractivity contribution in [1.29, 1.82) is 0 Å². The zero-order valence-electron chi connectivity index (χ0n) is 16.6. The van der Waals surface area contributed by atoms with E-state index in [1.807, 2.05) is 34.6 Å². The molecule has 25 heavy (non-hydrogen) atoms. The van der Waals surface area contributed by atoms with Crippen molar-refractivity contribution in [3.05, 3.63) is 0 Å². The van der Waals surface area contributed by atoms with Crippen molar-refractivity contribution < 1.29 is 9.59 Å². The molecule has 0 heterocycles. The van der Waals surface area contributed by atoms with E-state index in [4.69, 9.17) is 0 Å². The highest BCUT2D eigenvalue weighted by Gasteiger charge is 2.23. The normalized spacial score (nSPS) is 17.7. The third-order valence-corrected chi connectivity index (χ3v) is 4.84. The third kappa shape index (κ3) is 8.36. The second-order valence-corrected chi connectivity index (χ2v) is 7.79. The van der Waals surface area contributed by atoms with Crippen molar-refractivity contribution in [2.75, 3.05) is 19.6 Å². The van der Waals surface area contributed by atoms with Crippen LogP contribution in [-0.2, 0) is 4.79 Å². The fraction of sp³-hybridized carbons (Fsp3) is 0.842. The molecule has 3 N–H and O–H groups in total. The SMILES string of the molecule is CCNC(=O)NC(C)(C)CNC(=O)C(C)C(C)=NCC1CCCCC1. The van der Waals surface area contributed by atoms with Crippen molar-refractivity contribution in [1.82, 2.24) is 16.0 Å². The summed E-state index contributed by atoms with van der Waals surface area (Å²) in [6.45, 7) is 11.3. The van der Waals surface area contributed by atoms with Crippen LogP contribution < -0.4 is 16.0 Å². The Bertz CT molecular complexity index is 468. The summed E-state index contributed by atoms with van der Waals surface area (Å²) in [6, 6.07) is -0.222. The molecular weight excluding hydrogens is 316 g/mol. The summed E-state index contributed by atoms with van der Waals surface area (Å²) in [5.74, 6) is 0.388. The number of nitrogens with zero attached hydrogens (tertiary/aromatic N) is 1. The summed E-state index contributed by atoms with van der Waals surface area (Å²) in [4.78, 5) is 28.7. The molecule has 1 fully saturated rings. The minimum Gasteiger partial charge on any atom is -0.353 e. The van der Waals surface area contributed by atoms with Crippen LogP contribution in [0.1, 0.15) is 66.7 Å². The van der Waals surface area contributed by atoms with Crippen LogP contribution in [-0.4, -0.2) is 42.8 Å². The first-order chi connectivity index (χ1) is 11.7. The zero-order valence-corrected chi connectivity index (χ0v) is 16.6. The van der Waals surface area contributed by atoms with Gasteiger partial charge in [0.15, 0.2) is 0 Å². The number of rotatable bonds is 8. The van der Waals surface area contributed by atoms with Gasteiger partial charge in [-0.3, -0.25) is 9.79 Å². The Hall–Kier alpha value is -1.59. The maximum Gasteiger partial charge on any atom is 0.315 e. The summed E-state index contributed by atoms with van der Waals surface area (Å²) >= 11 is 0. The molecule has 0 aromatic rings. The number of amides is 3. The molecule has 1 aliphatic rings. The number of urea groups is 1. The maximum absolute atomic E-state index is 12.4. The smallest absolute Gasteiger partial charge is 0.315 e. The lowest BCUT2D eigenvalue weighted by atomic mass is 9.89. The van der Waals surface area contributed by atoms with E-state index in [9.17, 15) is 9.59 Å². The summed E-state index contributed by atoms with van der Waals surface area (Å²) in [7, 11) is 0. The van der Waals surface area contributed by atoms with E-state index < -0.39 is 5.54 Å². The Morgan fingerprint density at radius 1 is 1.16 bits per heavy atom. The molecule has 3 amide bonds. The molecule has 1 atom stereocenters. The topological polar surface area (TPSA) is 82.6 Å². The molecule has 0 saturated heterocycles. The molecule has 0 aromatic heterocycles. The van der Waals surface area contributed by atoms with Gasteiger partial charge in [-0.25, -0.2) is 4.79 Å². The zero-order chi connectivity index (χ0) is 18.9. The first-order valence-electron chi connectivity index (χ1n) is 9.60. The Kier molecular flexibility index (Phi) is 8.93. The van der Waals surface area contributed by atoms with Gasteiger partial charge >= 0.3 is 6.03 Å². The summed E-state index contributed by atoms with van der Waals surface area (Å²) in [6.07, 6.45) is 6.48. The molecule has 0 aliphatic heterocycles. The van der Waals surface area contributed by atoms with Crippen molar-refractivity contribution in [2.45, 2.75) is 72.3 Å². The van der Waals surface area contributed by atoms with Crippen LogP contribution in [0, 0.1) is 11.8 Å². The molecule has 6 heteroatoms.